The maximum Gasteiger partial charge on any atom is 0.337 e. The first-order valence-electron chi connectivity index (χ1n) is 7.30. The number of hydrogen-bond donors (Lipinski definition) is 0. The second-order valence-electron chi connectivity index (χ2n) is 5.11. The second-order valence-corrected chi connectivity index (χ2v) is 5.38. The summed E-state index contributed by atoms with van der Waals surface area (Å²) in [6, 6.07) is 5.31. The van der Waals surface area contributed by atoms with E-state index >= 15 is 0 Å². The molecule has 0 bridgehead atoms. The lowest BCUT2D eigenvalue weighted by Crippen LogP contribution is -2.09. The van der Waals surface area contributed by atoms with Crippen molar-refractivity contribution in [1.29, 1.82) is 0 Å². The van der Waals surface area contributed by atoms with Crippen molar-refractivity contribution in [2.24, 2.45) is 0 Å². The molecular weight excluding hydrogens is 316 g/mol. The number of imidazole rings is 2. The van der Waals surface area contributed by atoms with Gasteiger partial charge in [-0.15, -0.1) is 11.6 Å². The van der Waals surface area contributed by atoms with Gasteiger partial charge in [0.1, 0.15) is 5.82 Å². The Morgan fingerprint density at radius 2 is 2.22 bits per heavy atom. The molecule has 0 aliphatic heterocycles. The maximum absolute atomic E-state index is 11.8. The van der Waals surface area contributed by atoms with Gasteiger partial charge in [0.2, 0.25) is 0 Å². The summed E-state index contributed by atoms with van der Waals surface area (Å²) in [5.41, 5.74) is 3.20. The smallest absolute Gasteiger partial charge is 0.337 e. The van der Waals surface area contributed by atoms with E-state index in [1.165, 1.54) is 7.11 Å². The molecule has 2 heterocycles. The Labute approximate surface area is 138 Å². The van der Waals surface area contributed by atoms with Crippen LogP contribution in [0.4, 0.5) is 0 Å². The standard InChI is InChI=1S/C16H17ClN4O2/c1-3-20-10-18-8-12(20)9-21-14-6-11(16(22)23-2)4-5-13(14)19-15(21)7-17/h4-6,8,10H,3,7,9H2,1-2H3. The average Bonchev–Trinajstić information content (AvgIpc) is 3.18. The van der Waals surface area contributed by atoms with Gasteiger partial charge >= 0.3 is 5.97 Å². The molecule has 0 saturated heterocycles. The van der Waals surface area contributed by atoms with Crippen molar-refractivity contribution in [1.82, 2.24) is 19.1 Å². The zero-order chi connectivity index (χ0) is 16.4. The number of carbonyl (C=O) groups is 1. The van der Waals surface area contributed by atoms with Gasteiger partial charge in [-0.3, -0.25) is 0 Å². The van der Waals surface area contributed by atoms with Crippen LogP contribution in [0, 0.1) is 0 Å². The van der Waals surface area contributed by atoms with Gasteiger partial charge in [0.15, 0.2) is 0 Å². The quantitative estimate of drug-likeness (QED) is 0.532. The SMILES string of the molecule is CCn1cncc1Cn1c(CCl)nc2ccc(C(=O)OC)cc21. The van der Waals surface area contributed by atoms with Crippen molar-refractivity contribution in [2.75, 3.05) is 7.11 Å². The molecule has 3 aromatic rings. The van der Waals surface area contributed by atoms with E-state index in [9.17, 15) is 4.79 Å². The second kappa shape index (κ2) is 6.42. The number of methoxy groups -OCH3 is 1. The van der Waals surface area contributed by atoms with Gasteiger partial charge in [0, 0.05) is 12.7 Å². The number of ether oxygens (including phenoxy) is 1. The number of rotatable bonds is 5. The summed E-state index contributed by atoms with van der Waals surface area (Å²) in [7, 11) is 1.37. The first-order chi connectivity index (χ1) is 11.2. The summed E-state index contributed by atoms with van der Waals surface area (Å²) in [6.07, 6.45) is 3.63. The van der Waals surface area contributed by atoms with Crippen LogP contribution < -0.4 is 0 Å². The van der Waals surface area contributed by atoms with E-state index in [1.54, 1.807) is 18.5 Å². The summed E-state index contributed by atoms with van der Waals surface area (Å²) >= 11 is 6.05. The number of carbonyl (C=O) groups excluding carboxylic acids is 1. The van der Waals surface area contributed by atoms with E-state index in [-0.39, 0.29) is 5.97 Å². The number of aromatic nitrogens is 4. The fraction of sp³-hybridized carbons (Fsp3) is 0.312. The Morgan fingerprint density at radius 3 is 2.91 bits per heavy atom. The van der Waals surface area contributed by atoms with E-state index < -0.39 is 0 Å². The molecule has 7 heteroatoms. The predicted molar refractivity (Wildman–Crippen MR) is 87.6 cm³/mol. The Kier molecular flexibility index (Phi) is 4.34. The highest BCUT2D eigenvalue weighted by molar-refractivity contribution is 6.16. The summed E-state index contributed by atoms with van der Waals surface area (Å²) < 4.78 is 8.87. The first-order valence-corrected chi connectivity index (χ1v) is 7.83. The van der Waals surface area contributed by atoms with E-state index in [4.69, 9.17) is 16.3 Å². The van der Waals surface area contributed by atoms with Crippen LogP contribution in [0.15, 0.2) is 30.7 Å². The van der Waals surface area contributed by atoms with Crippen molar-refractivity contribution in [3.05, 3.63) is 47.8 Å². The predicted octanol–water partition coefficient (Wildman–Crippen LogP) is 2.83. The molecule has 1 aromatic carbocycles. The number of benzene rings is 1. The average molecular weight is 333 g/mol. The first kappa shape index (κ1) is 15.6. The fourth-order valence-electron chi connectivity index (χ4n) is 2.62. The normalized spacial score (nSPS) is 11.1. The summed E-state index contributed by atoms with van der Waals surface area (Å²) in [4.78, 5) is 20.5. The number of halogens is 1. The molecular formula is C16H17ClN4O2. The Hall–Kier alpha value is -2.34. The van der Waals surface area contributed by atoms with Crippen LogP contribution in [0.3, 0.4) is 0 Å². The van der Waals surface area contributed by atoms with Crippen LogP contribution in [-0.4, -0.2) is 32.2 Å². The van der Waals surface area contributed by atoms with Crippen molar-refractivity contribution in [3.63, 3.8) is 0 Å². The molecule has 0 saturated carbocycles. The highest BCUT2D eigenvalue weighted by Crippen LogP contribution is 2.21. The molecule has 0 radical (unpaired) electrons. The molecule has 6 nitrogen and oxygen atoms in total. The minimum absolute atomic E-state index is 0.294. The van der Waals surface area contributed by atoms with Crippen LogP contribution in [-0.2, 0) is 23.7 Å². The van der Waals surface area contributed by atoms with Gasteiger partial charge in [0.05, 0.1) is 48.2 Å². The molecule has 2 aromatic heterocycles. The molecule has 23 heavy (non-hydrogen) atoms. The van der Waals surface area contributed by atoms with Crippen molar-refractivity contribution >= 4 is 28.6 Å². The summed E-state index contributed by atoms with van der Waals surface area (Å²) in [5, 5.41) is 0. The number of nitrogens with zero attached hydrogens (tertiary/aromatic N) is 4. The third-order valence-corrected chi connectivity index (χ3v) is 4.07. The number of hydrogen-bond acceptors (Lipinski definition) is 4. The van der Waals surface area contributed by atoms with Crippen LogP contribution >= 0.6 is 11.6 Å². The zero-order valence-electron chi connectivity index (χ0n) is 13.0. The monoisotopic (exact) mass is 332 g/mol. The van der Waals surface area contributed by atoms with Crippen LogP contribution in [0.2, 0.25) is 0 Å². The molecule has 0 atom stereocenters. The minimum Gasteiger partial charge on any atom is -0.465 e. The molecule has 0 N–H and O–H groups in total. The zero-order valence-corrected chi connectivity index (χ0v) is 13.7. The van der Waals surface area contributed by atoms with Crippen molar-refractivity contribution < 1.29 is 9.53 Å². The number of fused-ring (bicyclic) bond motifs is 1. The number of esters is 1. The van der Waals surface area contributed by atoms with E-state index in [1.807, 2.05) is 16.8 Å². The lowest BCUT2D eigenvalue weighted by atomic mass is 10.2. The van der Waals surface area contributed by atoms with Gasteiger partial charge in [-0.05, 0) is 25.1 Å². The molecule has 0 unspecified atom stereocenters. The van der Waals surface area contributed by atoms with Crippen LogP contribution in [0.5, 0.6) is 0 Å². The van der Waals surface area contributed by atoms with Gasteiger partial charge in [0.25, 0.3) is 0 Å². The van der Waals surface area contributed by atoms with E-state index in [2.05, 4.69) is 21.5 Å². The van der Waals surface area contributed by atoms with Gasteiger partial charge in [-0.1, -0.05) is 0 Å². The number of aryl methyl sites for hydroxylation is 1. The minimum atomic E-state index is -0.370. The van der Waals surface area contributed by atoms with Crippen LogP contribution in [0.1, 0.15) is 28.8 Å². The third kappa shape index (κ3) is 2.82. The fourth-order valence-corrected chi connectivity index (χ4v) is 2.83. The molecule has 0 fully saturated rings. The Morgan fingerprint density at radius 1 is 1.39 bits per heavy atom. The molecule has 0 aliphatic rings. The van der Waals surface area contributed by atoms with Crippen LogP contribution in [0.25, 0.3) is 11.0 Å². The Balaban J connectivity index is 2.11. The third-order valence-electron chi connectivity index (χ3n) is 3.83. The van der Waals surface area contributed by atoms with Crippen molar-refractivity contribution in [3.8, 4) is 0 Å². The molecule has 0 aliphatic carbocycles. The highest BCUT2D eigenvalue weighted by atomic mass is 35.5. The highest BCUT2D eigenvalue weighted by Gasteiger charge is 2.15. The van der Waals surface area contributed by atoms with E-state index in [0.29, 0.717) is 18.0 Å². The van der Waals surface area contributed by atoms with E-state index in [0.717, 1.165) is 29.1 Å². The van der Waals surface area contributed by atoms with Gasteiger partial charge in [-0.25, -0.2) is 14.8 Å². The topological polar surface area (TPSA) is 61.9 Å². The van der Waals surface area contributed by atoms with Gasteiger partial charge in [-0.2, -0.15) is 0 Å². The molecule has 120 valence electrons. The summed E-state index contributed by atoms with van der Waals surface area (Å²) in [6.45, 7) is 3.50. The maximum atomic E-state index is 11.8. The molecule has 0 amide bonds. The Bertz CT molecular complexity index is 853. The molecule has 0 spiro atoms. The molecule has 3 rings (SSSR count). The van der Waals surface area contributed by atoms with Crippen molar-refractivity contribution in [2.45, 2.75) is 25.9 Å². The van der Waals surface area contributed by atoms with Gasteiger partial charge < -0.3 is 13.9 Å². The lowest BCUT2D eigenvalue weighted by molar-refractivity contribution is 0.0601. The largest absolute Gasteiger partial charge is 0.465 e. The number of alkyl halides is 1. The summed E-state index contributed by atoms with van der Waals surface area (Å²) in [5.74, 6) is 0.681. The lowest BCUT2D eigenvalue weighted by Gasteiger charge is -2.10.